The highest BCUT2D eigenvalue weighted by molar-refractivity contribution is 5.79. The summed E-state index contributed by atoms with van der Waals surface area (Å²) in [5.74, 6) is 2.49. The SMILES string of the molecule is CN=C(NCc1cc(OC)c(OC)c(OC)c1)NCc1ccccc1-n1ccnc1. The number of nitrogens with zero attached hydrogens (tertiary/aromatic N) is 3. The third-order valence-electron chi connectivity index (χ3n) is 4.63. The lowest BCUT2D eigenvalue weighted by atomic mass is 10.1. The minimum absolute atomic E-state index is 0.541. The van der Waals surface area contributed by atoms with E-state index in [1.165, 1.54) is 0 Å². The second-order valence-corrected chi connectivity index (χ2v) is 6.41. The summed E-state index contributed by atoms with van der Waals surface area (Å²) in [5, 5.41) is 6.67. The van der Waals surface area contributed by atoms with Crippen LogP contribution in [0, 0.1) is 0 Å². The maximum atomic E-state index is 5.42. The van der Waals surface area contributed by atoms with Gasteiger partial charge in [0.05, 0.1) is 33.3 Å². The van der Waals surface area contributed by atoms with Crippen LogP contribution in [-0.2, 0) is 13.1 Å². The van der Waals surface area contributed by atoms with Crippen LogP contribution in [0.3, 0.4) is 0 Å². The average Bonchev–Trinajstić information content (AvgIpc) is 3.33. The fourth-order valence-corrected chi connectivity index (χ4v) is 3.14. The monoisotopic (exact) mass is 409 g/mol. The first kappa shape index (κ1) is 21.0. The van der Waals surface area contributed by atoms with Crippen molar-refractivity contribution in [1.29, 1.82) is 0 Å². The first-order valence-corrected chi connectivity index (χ1v) is 9.49. The zero-order valence-electron chi connectivity index (χ0n) is 17.7. The van der Waals surface area contributed by atoms with Crippen molar-refractivity contribution in [3.8, 4) is 22.9 Å². The average molecular weight is 409 g/mol. The second kappa shape index (κ2) is 10.2. The van der Waals surface area contributed by atoms with E-state index < -0.39 is 0 Å². The van der Waals surface area contributed by atoms with Gasteiger partial charge in [0.15, 0.2) is 17.5 Å². The van der Waals surface area contributed by atoms with E-state index in [1.54, 1.807) is 40.9 Å². The van der Waals surface area contributed by atoms with Gasteiger partial charge in [-0.25, -0.2) is 4.98 Å². The number of imidazole rings is 1. The van der Waals surface area contributed by atoms with Crippen molar-refractivity contribution >= 4 is 5.96 Å². The summed E-state index contributed by atoms with van der Waals surface area (Å²) in [5.41, 5.74) is 3.18. The van der Waals surface area contributed by atoms with E-state index in [0.717, 1.165) is 16.8 Å². The summed E-state index contributed by atoms with van der Waals surface area (Å²) in [6.07, 6.45) is 5.48. The number of aliphatic imine (C=N–C) groups is 1. The molecule has 0 bridgehead atoms. The Kier molecular flexibility index (Phi) is 7.15. The Hall–Kier alpha value is -3.68. The number of rotatable bonds is 8. The molecule has 158 valence electrons. The van der Waals surface area contributed by atoms with Crippen LogP contribution in [0.15, 0.2) is 60.1 Å². The Bertz CT molecular complexity index is 961. The summed E-state index contributed by atoms with van der Waals surface area (Å²) in [4.78, 5) is 8.45. The topological polar surface area (TPSA) is 81.9 Å². The molecule has 0 saturated carbocycles. The molecule has 0 amide bonds. The Labute approximate surface area is 176 Å². The van der Waals surface area contributed by atoms with Gasteiger partial charge in [0, 0.05) is 32.5 Å². The van der Waals surface area contributed by atoms with E-state index in [0.29, 0.717) is 36.3 Å². The number of methoxy groups -OCH3 is 3. The Balaban J connectivity index is 1.67. The Morgan fingerprint density at radius 1 is 1.00 bits per heavy atom. The van der Waals surface area contributed by atoms with Gasteiger partial charge in [-0.3, -0.25) is 4.99 Å². The zero-order chi connectivity index (χ0) is 21.3. The van der Waals surface area contributed by atoms with E-state index in [2.05, 4.69) is 32.7 Å². The first-order valence-electron chi connectivity index (χ1n) is 9.49. The summed E-state index contributed by atoms with van der Waals surface area (Å²) >= 11 is 0. The zero-order valence-corrected chi connectivity index (χ0v) is 17.7. The molecule has 0 aliphatic rings. The van der Waals surface area contributed by atoms with Crippen molar-refractivity contribution < 1.29 is 14.2 Å². The van der Waals surface area contributed by atoms with E-state index in [-0.39, 0.29) is 0 Å². The van der Waals surface area contributed by atoms with Crippen LogP contribution >= 0.6 is 0 Å². The fourth-order valence-electron chi connectivity index (χ4n) is 3.14. The highest BCUT2D eigenvalue weighted by Gasteiger charge is 2.13. The van der Waals surface area contributed by atoms with Crippen molar-refractivity contribution in [1.82, 2.24) is 20.2 Å². The third kappa shape index (κ3) is 4.83. The summed E-state index contributed by atoms with van der Waals surface area (Å²) in [7, 11) is 6.54. The molecule has 1 heterocycles. The number of benzene rings is 2. The van der Waals surface area contributed by atoms with Gasteiger partial charge in [-0.1, -0.05) is 18.2 Å². The molecule has 0 fully saturated rings. The predicted molar refractivity (Wildman–Crippen MR) is 117 cm³/mol. The Morgan fingerprint density at radius 2 is 1.70 bits per heavy atom. The van der Waals surface area contributed by atoms with Gasteiger partial charge in [0.1, 0.15) is 0 Å². The molecule has 2 aromatic carbocycles. The van der Waals surface area contributed by atoms with Gasteiger partial charge in [0.2, 0.25) is 5.75 Å². The third-order valence-corrected chi connectivity index (χ3v) is 4.63. The van der Waals surface area contributed by atoms with E-state index >= 15 is 0 Å². The fraction of sp³-hybridized carbons (Fsp3) is 0.273. The highest BCUT2D eigenvalue weighted by Crippen LogP contribution is 2.38. The molecular weight excluding hydrogens is 382 g/mol. The first-order chi connectivity index (χ1) is 14.7. The van der Waals surface area contributed by atoms with Crippen molar-refractivity contribution in [2.75, 3.05) is 28.4 Å². The summed E-state index contributed by atoms with van der Waals surface area (Å²) in [6.45, 7) is 1.16. The van der Waals surface area contributed by atoms with Crippen molar-refractivity contribution in [2.45, 2.75) is 13.1 Å². The van der Waals surface area contributed by atoms with Crippen LogP contribution in [0.4, 0.5) is 0 Å². The minimum atomic E-state index is 0.541. The second-order valence-electron chi connectivity index (χ2n) is 6.41. The minimum Gasteiger partial charge on any atom is -0.493 e. The van der Waals surface area contributed by atoms with Crippen LogP contribution in [0.2, 0.25) is 0 Å². The lowest BCUT2D eigenvalue weighted by Gasteiger charge is -2.16. The molecule has 8 heteroatoms. The Morgan fingerprint density at radius 3 is 2.30 bits per heavy atom. The quantitative estimate of drug-likeness (QED) is 0.440. The number of hydrogen-bond acceptors (Lipinski definition) is 5. The number of aromatic nitrogens is 2. The number of nitrogens with one attached hydrogen (secondary N) is 2. The van der Waals surface area contributed by atoms with Crippen LogP contribution in [-0.4, -0.2) is 43.9 Å². The standard InChI is InChI=1S/C22H27N5O3/c1-23-22(25-13-16-11-19(28-2)21(30-4)20(12-16)29-3)26-14-17-7-5-6-8-18(17)27-10-9-24-15-27/h5-12,15H,13-14H2,1-4H3,(H2,23,25,26). The molecule has 0 aliphatic carbocycles. The molecule has 1 aromatic heterocycles. The lowest BCUT2D eigenvalue weighted by molar-refractivity contribution is 0.323. The molecule has 0 radical (unpaired) electrons. The molecule has 0 unspecified atom stereocenters. The largest absolute Gasteiger partial charge is 0.493 e. The summed E-state index contributed by atoms with van der Waals surface area (Å²) < 4.78 is 18.2. The van der Waals surface area contributed by atoms with E-state index in [4.69, 9.17) is 14.2 Å². The molecule has 8 nitrogen and oxygen atoms in total. The molecule has 3 aromatic rings. The van der Waals surface area contributed by atoms with Crippen LogP contribution in [0.25, 0.3) is 5.69 Å². The summed E-state index contributed by atoms with van der Waals surface area (Å²) in [6, 6.07) is 12.0. The molecule has 0 spiro atoms. The van der Waals surface area contributed by atoms with Crippen molar-refractivity contribution in [3.05, 3.63) is 66.2 Å². The maximum Gasteiger partial charge on any atom is 0.203 e. The van der Waals surface area contributed by atoms with Crippen LogP contribution in [0.5, 0.6) is 17.2 Å². The van der Waals surface area contributed by atoms with Gasteiger partial charge in [-0.2, -0.15) is 0 Å². The molecule has 30 heavy (non-hydrogen) atoms. The number of hydrogen-bond donors (Lipinski definition) is 2. The lowest BCUT2D eigenvalue weighted by Crippen LogP contribution is -2.36. The molecule has 0 aliphatic heterocycles. The van der Waals surface area contributed by atoms with Gasteiger partial charge in [0.25, 0.3) is 0 Å². The van der Waals surface area contributed by atoms with Gasteiger partial charge in [-0.05, 0) is 29.3 Å². The van der Waals surface area contributed by atoms with Crippen LogP contribution in [0.1, 0.15) is 11.1 Å². The molecule has 0 saturated heterocycles. The normalized spacial score (nSPS) is 11.1. The molecule has 0 atom stereocenters. The number of guanidine groups is 1. The van der Waals surface area contributed by atoms with Gasteiger partial charge >= 0.3 is 0 Å². The maximum absolute atomic E-state index is 5.42. The smallest absolute Gasteiger partial charge is 0.203 e. The van der Waals surface area contributed by atoms with Crippen molar-refractivity contribution in [2.24, 2.45) is 4.99 Å². The molecule has 3 rings (SSSR count). The van der Waals surface area contributed by atoms with Gasteiger partial charge in [-0.15, -0.1) is 0 Å². The highest BCUT2D eigenvalue weighted by atomic mass is 16.5. The molecule has 2 N–H and O–H groups in total. The van der Waals surface area contributed by atoms with E-state index in [9.17, 15) is 0 Å². The van der Waals surface area contributed by atoms with Gasteiger partial charge < -0.3 is 29.4 Å². The molecular formula is C22H27N5O3. The van der Waals surface area contributed by atoms with E-state index in [1.807, 2.05) is 35.0 Å². The number of ether oxygens (including phenoxy) is 3. The predicted octanol–water partition coefficient (Wildman–Crippen LogP) is 2.76. The number of para-hydroxylation sites is 1. The van der Waals surface area contributed by atoms with Crippen LogP contribution < -0.4 is 24.8 Å². The van der Waals surface area contributed by atoms with Crippen molar-refractivity contribution in [3.63, 3.8) is 0 Å².